The third-order valence-electron chi connectivity index (χ3n) is 4.70. The number of aromatic nitrogens is 3. The molecule has 3 rings (SSSR count). The summed E-state index contributed by atoms with van der Waals surface area (Å²) >= 11 is 0. The largest absolute Gasteiger partial charge is 0.466 e. The van der Waals surface area contributed by atoms with Crippen LogP contribution in [-0.4, -0.2) is 57.8 Å². The molecule has 2 heterocycles. The minimum absolute atomic E-state index is 0.106. The standard InChI is InChI=1S/C20H28N6O2/c1-3-21-20(25-12-8-9-16(14-25)19(27)28-4-2)22-13-18-24-23-15-26(18)17-10-6-5-7-11-17/h5-7,10-11,15-16H,3-4,8-9,12-14H2,1-2H3,(H,21,22). The number of carbonyl (C=O) groups is 1. The van der Waals surface area contributed by atoms with Gasteiger partial charge in [0.1, 0.15) is 12.9 Å². The summed E-state index contributed by atoms with van der Waals surface area (Å²) in [6.07, 6.45) is 3.50. The highest BCUT2D eigenvalue weighted by atomic mass is 16.5. The zero-order valence-corrected chi connectivity index (χ0v) is 16.5. The predicted octanol–water partition coefficient (Wildman–Crippen LogP) is 2.01. The number of hydrogen-bond donors (Lipinski definition) is 1. The quantitative estimate of drug-likeness (QED) is 0.466. The summed E-state index contributed by atoms with van der Waals surface area (Å²) in [5.41, 5.74) is 1.00. The van der Waals surface area contributed by atoms with Crippen LogP contribution in [0.5, 0.6) is 0 Å². The SMILES string of the molecule is CCNC(=NCc1nncn1-c1ccccc1)N1CCCC(C(=O)OCC)C1. The van der Waals surface area contributed by atoms with Crippen molar-refractivity contribution in [1.29, 1.82) is 0 Å². The van der Waals surface area contributed by atoms with Gasteiger partial charge in [0.15, 0.2) is 11.8 Å². The van der Waals surface area contributed by atoms with E-state index in [0.29, 0.717) is 19.7 Å². The first-order chi connectivity index (χ1) is 13.7. The van der Waals surface area contributed by atoms with Gasteiger partial charge in [-0.3, -0.25) is 9.36 Å². The first kappa shape index (κ1) is 19.9. The number of guanidine groups is 1. The molecule has 1 aliphatic heterocycles. The maximum absolute atomic E-state index is 12.1. The number of hydrogen-bond acceptors (Lipinski definition) is 5. The van der Waals surface area contributed by atoms with E-state index in [0.717, 1.165) is 43.4 Å². The van der Waals surface area contributed by atoms with Crippen molar-refractivity contribution in [3.05, 3.63) is 42.5 Å². The molecule has 0 aliphatic carbocycles. The normalized spacial score (nSPS) is 17.4. The number of piperidine rings is 1. The number of nitrogens with one attached hydrogen (secondary N) is 1. The van der Waals surface area contributed by atoms with E-state index in [4.69, 9.17) is 9.73 Å². The summed E-state index contributed by atoms with van der Waals surface area (Å²) in [5, 5.41) is 11.6. The first-order valence-corrected chi connectivity index (χ1v) is 9.87. The van der Waals surface area contributed by atoms with E-state index >= 15 is 0 Å². The van der Waals surface area contributed by atoms with E-state index in [-0.39, 0.29) is 11.9 Å². The summed E-state index contributed by atoms with van der Waals surface area (Å²) in [6, 6.07) is 9.96. The van der Waals surface area contributed by atoms with Crippen LogP contribution < -0.4 is 5.32 Å². The zero-order chi connectivity index (χ0) is 19.8. The van der Waals surface area contributed by atoms with Crippen LogP contribution >= 0.6 is 0 Å². The Morgan fingerprint density at radius 1 is 1.32 bits per heavy atom. The van der Waals surface area contributed by atoms with E-state index in [1.807, 2.05) is 48.7 Å². The summed E-state index contributed by atoms with van der Waals surface area (Å²) in [7, 11) is 0. The smallest absolute Gasteiger partial charge is 0.310 e. The van der Waals surface area contributed by atoms with Crippen LogP contribution in [0.2, 0.25) is 0 Å². The molecule has 0 spiro atoms. The van der Waals surface area contributed by atoms with Crippen LogP contribution in [0.1, 0.15) is 32.5 Å². The molecule has 2 aromatic rings. The van der Waals surface area contributed by atoms with Gasteiger partial charge < -0.3 is 15.0 Å². The fourth-order valence-corrected chi connectivity index (χ4v) is 3.36. The second-order valence-electron chi connectivity index (χ2n) is 6.66. The molecule has 1 unspecified atom stereocenters. The number of rotatable bonds is 6. The number of aliphatic imine (C=N–C) groups is 1. The van der Waals surface area contributed by atoms with Crippen molar-refractivity contribution >= 4 is 11.9 Å². The highest BCUT2D eigenvalue weighted by Gasteiger charge is 2.28. The summed E-state index contributed by atoms with van der Waals surface area (Å²) in [6.45, 7) is 6.94. The Labute approximate surface area is 165 Å². The first-order valence-electron chi connectivity index (χ1n) is 9.87. The van der Waals surface area contributed by atoms with E-state index in [1.165, 1.54) is 0 Å². The van der Waals surface area contributed by atoms with Crippen molar-refractivity contribution in [3.63, 3.8) is 0 Å². The molecule has 28 heavy (non-hydrogen) atoms. The van der Waals surface area contributed by atoms with Crippen molar-refractivity contribution in [3.8, 4) is 5.69 Å². The number of benzene rings is 1. The minimum atomic E-state index is -0.119. The van der Waals surface area contributed by atoms with Gasteiger partial charge in [-0.1, -0.05) is 18.2 Å². The molecule has 1 fully saturated rings. The molecule has 150 valence electrons. The van der Waals surface area contributed by atoms with E-state index < -0.39 is 0 Å². The maximum atomic E-state index is 12.1. The Hall–Kier alpha value is -2.90. The number of likely N-dealkylation sites (tertiary alicyclic amines) is 1. The second-order valence-corrected chi connectivity index (χ2v) is 6.66. The molecule has 1 N–H and O–H groups in total. The monoisotopic (exact) mass is 384 g/mol. The second kappa shape index (κ2) is 9.87. The van der Waals surface area contributed by atoms with Gasteiger partial charge in [0.2, 0.25) is 0 Å². The van der Waals surface area contributed by atoms with Gasteiger partial charge in [-0.05, 0) is 38.8 Å². The number of para-hydroxylation sites is 1. The Morgan fingerprint density at radius 2 is 2.14 bits per heavy atom. The lowest BCUT2D eigenvalue weighted by atomic mass is 9.98. The van der Waals surface area contributed by atoms with Crippen LogP contribution in [0.3, 0.4) is 0 Å². The molecule has 1 aromatic carbocycles. The van der Waals surface area contributed by atoms with Crippen LogP contribution in [0, 0.1) is 5.92 Å². The third-order valence-corrected chi connectivity index (χ3v) is 4.70. The Morgan fingerprint density at radius 3 is 2.89 bits per heavy atom. The molecular formula is C20H28N6O2. The van der Waals surface area contributed by atoms with Crippen LogP contribution in [0.4, 0.5) is 0 Å². The number of ether oxygens (including phenoxy) is 1. The molecular weight excluding hydrogens is 356 g/mol. The summed E-state index contributed by atoms with van der Waals surface area (Å²) < 4.78 is 7.14. The molecule has 0 amide bonds. The highest BCUT2D eigenvalue weighted by molar-refractivity contribution is 5.81. The number of carbonyl (C=O) groups excluding carboxylic acids is 1. The van der Waals surface area contributed by atoms with Crippen LogP contribution in [0.25, 0.3) is 5.69 Å². The van der Waals surface area contributed by atoms with E-state index in [1.54, 1.807) is 6.33 Å². The van der Waals surface area contributed by atoms with Crippen molar-refractivity contribution < 1.29 is 9.53 Å². The third kappa shape index (κ3) is 4.88. The Bertz CT molecular complexity index is 789. The van der Waals surface area contributed by atoms with Gasteiger partial charge in [0.05, 0.1) is 12.5 Å². The van der Waals surface area contributed by atoms with Crippen molar-refractivity contribution in [2.45, 2.75) is 33.2 Å². The average Bonchev–Trinajstić information content (AvgIpc) is 3.20. The van der Waals surface area contributed by atoms with Crippen molar-refractivity contribution in [2.75, 3.05) is 26.2 Å². The summed E-state index contributed by atoms with van der Waals surface area (Å²) in [5.74, 6) is 1.33. The number of esters is 1. The average molecular weight is 384 g/mol. The summed E-state index contributed by atoms with van der Waals surface area (Å²) in [4.78, 5) is 19.0. The highest BCUT2D eigenvalue weighted by Crippen LogP contribution is 2.18. The molecule has 1 saturated heterocycles. The lowest BCUT2D eigenvalue weighted by Crippen LogP contribution is -2.48. The van der Waals surface area contributed by atoms with Gasteiger partial charge in [-0.15, -0.1) is 10.2 Å². The molecule has 8 heteroatoms. The molecule has 8 nitrogen and oxygen atoms in total. The fourth-order valence-electron chi connectivity index (χ4n) is 3.36. The molecule has 1 aromatic heterocycles. The predicted molar refractivity (Wildman–Crippen MR) is 107 cm³/mol. The molecule has 1 aliphatic rings. The van der Waals surface area contributed by atoms with Gasteiger partial charge in [0.25, 0.3) is 0 Å². The molecule has 0 saturated carbocycles. The van der Waals surface area contributed by atoms with Gasteiger partial charge in [0, 0.05) is 25.3 Å². The van der Waals surface area contributed by atoms with Gasteiger partial charge >= 0.3 is 5.97 Å². The zero-order valence-electron chi connectivity index (χ0n) is 16.5. The lowest BCUT2D eigenvalue weighted by molar-refractivity contribution is -0.149. The molecule has 1 atom stereocenters. The topological polar surface area (TPSA) is 84.6 Å². The van der Waals surface area contributed by atoms with Crippen LogP contribution in [0.15, 0.2) is 41.7 Å². The number of nitrogens with zero attached hydrogens (tertiary/aromatic N) is 5. The molecule has 0 bridgehead atoms. The van der Waals surface area contributed by atoms with Gasteiger partial charge in [-0.25, -0.2) is 4.99 Å². The Balaban J connectivity index is 1.73. The Kier molecular flexibility index (Phi) is 7.00. The van der Waals surface area contributed by atoms with Crippen molar-refractivity contribution in [2.24, 2.45) is 10.9 Å². The van der Waals surface area contributed by atoms with Crippen molar-refractivity contribution in [1.82, 2.24) is 25.0 Å². The van der Waals surface area contributed by atoms with E-state index in [2.05, 4.69) is 20.4 Å². The fraction of sp³-hybridized carbons (Fsp3) is 0.500. The van der Waals surface area contributed by atoms with Crippen LogP contribution in [-0.2, 0) is 16.1 Å². The lowest BCUT2D eigenvalue weighted by Gasteiger charge is -2.34. The minimum Gasteiger partial charge on any atom is -0.466 e. The van der Waals surface area contributed by atoms with Gasteiger partial charge in [-0.2, -0.15) is 0 Å². The maximum Gasteiger partial charge on any atom is 0.310 e. The van der Waals surface area contributed by atoms with E-state index in [9.17, 15) is 4.79 Å². The molecule has 0 radical (unpaired) electrons.